The highest BCUT2D eigenvalue weighted by molar-refractivity contribution is 7.87. The first-order chi connectivity index (χ1) is 9.91. The van der Waals surface area contributed by atoms with E-state index in [4.69, 9.17) is 10.2 Å². The topological polar surface area (TPSA) is 120 Å². The highest BCUT2D eigenvalue weighted by Gasteiger charge is 2.23. The van der Waals surface area contributed by atoms with Gasteiger partial charge in [-0.1, -0.05) is 0 Å². The fourth-order valence-electron chi connectivity index (χ4n) is 1.91. The van der Waals surface area contributed by atoms with Crippen LogP contribution in [-0.4, -0.2) is 46.0 Å². The molecule has 0 amide bonds. The van der Waals surface area contributed by atoms with Crippen molar-refractivity contribution in [2.45, 2.75) is 0 Å². The van der Waals surface area contributed by atoms with Crippen molar-refractivity contribution < 1.29 is 12.8 Å². The van der Waals surface area contributed by atoms with Crippen molar-refractivity contribution in [2.75, 3.05) is 19.8 Å². The smallest absolute Gasteiger partial charge is 0.310 e. The zero-order valence-electron chi connectivity index (χ0n) is 11.7. The summed E-state index contributed by atoms with van der Waals surface area (Å²) in [6, 6.07) is 4.94. The van der Waals surface area contributed by atoms with Gasteiger partial charge in [0.15, 0.2) is 0 Å². The summed E-state index contributed by atoms with van der Waals surface area (Å²) in [6.45, 7) is 0. The third-order valence-electron chi connectivity index (χ3n) is 2.94. The Hall–Kier alpha value is -2.17. The van der Waals surface area contributed by atoms with Crippen LogP contribution in [0.3, 0.4) is 0 Å². The molecule has 1 aromatic carbocycles. The Morgan fingerprint density at radius 3 is 2.64 bits per heavy atom. The molecule has 0 aliphatic rings. The van der Waals surface area contributed by atoms with Crippen LogP contribution in [0.5, 0.6) is 0 Å². The van der Waals surface area contributed by atoms with Crippen LogP contribution in [0.15, 0.2) is 29.0 Å². The Labute approximate surface area is 132 Å². The second-order valence-electron chi connectivity index (χ2n) is 4.47. The molecule has 2 N–H and O–H groups in total. The van der Waals surface area contributed by atoms with Crippen molar-refractivity contribution in [1.29, 1.82) is 0 Å². The number of imidazole rings is 1. The van der Waals surface area contributed by atoms with E-state index in [-0.39, 0.29) is 24.2 Å². The van der Waals surface area contributed by atoms with E-state index < -0.39 is 10.2 Å². The maximum absolute atomic E-state index is 12.3. The molecule has 0 saturated heterocycles. The summed E-state index contributed by atoms with van der Waals surface area (Å²) >= 11 is 0. The quantitative estimate of drug-likeness (QED) is 0.744. The van der Waals surface area contributed by atoms with Gasteiger partial charge in [0.1, 0.15) is 0 Å². The maximum Gasteiger partial charge on any atom is 0.310 e. The van der Waals surface area contributed by atoms with Crippen molar-refractivity contribution in [3.63, 3.8) is 0 Å². The van der Waals surface area contributed by atoms with Crippen molar-refractivity contribution in [3.8, 4) is 11.5 Å². The summed E-state index contributed by atoms with van der Waals surface area (Å²) in [5.41, 5.74) is 7.12. The van der Waals surface area contributed by atoms with Gasteiger partial charge in [0, 0.05) is 19.7 Å². The van der Waals surface area contributed by atoms with Gasteiger partial charge in [-0.05, 0) is 18.2 Å². The van der Waals surface area contributed by atoms with E-state index in [1.165, 1.54) is 20.5 Å². The van der Waals surface area contributed by atoms with E-state index in [9.17, 15) is 8.42 Å². The second-order valence-corrected chi connectivity index (χ2v) is 6.46. The molecule has 2 heterocycles. The molecular weight excluding hydrogens is 332 g/mol. The number of rotatable bonds is 3. The van der Waals surface area contributed by atoms with Crippen LogP contribution < -0.4 is 5.73 Å². The third-order valence-corrected chi connectivity index (χ3v) is 4.70. The lowest BCUT2D eigenvalue weighted by molar-refractivity contribution is 0.513. The fraction of sp³-hybridized carbons (Fsp3) is 0.182. The first-order valence-electron chi connectivity index (χ1n) is 5.89. The average Bonchev–Trinajstić information content (AvgIpc) is 3.03. The van der Waals surface area contributed by atoms with Crippen molar-refractivity contribution in [3.05, 3.63) is 24.6 Å². The van der Waals surface area contributed by atoms with Gasteiger partial charge in [0.2, 0.25) is 18.2 Å². The lowest BCUT2D eigenvalue weighted by atomic mass is 10.2. The Morgan fingerprint density at radius 2 is 2.05 bits per heavy atom. The molecule has 11 heteroatoms. The van der Waals surface area contributed by atoms with Crippen LogP contribution >= 0.6 is 12.4 Å². The summed E-state index contributed by atoms with van der Waals surface area (Å²) < 4.78 is 31.8. The molecule has 0 spiro atoms. The minimum atomic E-state index is -3.78. The van der Waals surface area contributed by atoms with Crippen LogP contribution in [0, 0.1) is 0 Å². The molecule has 0 aliphatic carbocycles. The van der Waals surface area contributed by atoms with Gasteiger partial charge in [0.05, 0.1) is 11.0 Å². The zero-order valence-corrected chi connectivity index (χ0v) is 13.3. The molecule has 0 unspecified atom stereocenters. The number of fused-ring (bicyclic) bond motifs is 1. The van der Waals surface area contributed by atoms with E-state index in [2.05, 4.69) is 15.2 Å². The minimum absolute atomic E-state index is 0. The maximum atomic E-state index is 12.3. The standard InChI is InChI=1S/C11H12N6O3S.ClH/c1-16(2)21(18,19)17-9-5-7(10-15-13-6-20-10)3-4-8(9)14-11(17)12;/h3-6H,1-2H3,(H2,12,14);1H. The largest absolute Gasteiger partial charge is 0.423 e. The van der Waals surface area contributed by atoms with E-state index in [1.54, 1.807) is 18.2 Å². The van der Waals surface area contributed by atoms with Gasteiger partial charge < -0.3 is 10.2 Å². The number of hydrogen-bond acceptors (Lipinski definition) is 7. The molecule has 0 bridgehead atoms. The highest BCUT2D eigenvalue weighted by Crippen LogP contribution is 2.26. The second kappa shape index (κ2) is 5.55. The number of halogens is 1. The van der Waals surface area contributed by atoms with Gasteiger partial charge in [0.25, 0.3) is 0 Å². The lowest BCUT2D eigenvalue weighted by Crippen LogP contribution is -2.29. The Balaban J connectivity index is 0.00000176. The molecule has 2 aromatic heterocycles. The number of aromatic nitrogens is 4. The van der Waals surface area contributed by atoms with Crippen LogP contribution in [0.4, 0.5) is 5.95 Å². The average molecular weight is 345 g/mol. The van der Waals surface area contributed by atoms with Crippen molar-refractivity contribution >= 4 is 39.6 Å². The molecule has 0 saturated carbocycles. The van der Waals surface area contributed by atoms with E-state index in [0.29, 0.717) is 16.6 Å². The Morgan fingerprint density at radius 1 is 1.32 bits per heavy atom. The summed E-state index contributed by atoms with van der Waals surface area (Å²) in [5, 5.41) is 7.38. The third kappa shape index (κ3) is 2.40. The lowest BCUT2D eigenvalue weighted by Gasteiger charge is -2.13. The summed E-state index contributed by atoms with van der Waals surface area (Å²) in [4.78, 5) is 4.05. The molecule has 118 valence electrons. The molecular formula is C11H13ClN6O3S. The van der Waals surface area contributed by atoms with Gasteiger partial charge >= 0.3 is 10.2 Å². The Kier molecular flexibility index (Phi) is 4.09. The number of nitrogens with two attached hydrogens (primary N) is 1. The predicted molar refractivity (Wildman–Crippen MR) is 82.7 cm³/mol. The number of nitrogens with zero attached hydrogens (tertiary/aromatic N) is 5. The van der Waals surface area contributed by atoms with E-state index in [1.807, 2.05) is 0 Å². The molecule has 9 nitrogen and oxygen atoms in total. The predicted octanol–water partition coefficient (Wildman–Crippen LogP) is 0.745. The molecule has 3 aromatic rings. The number of nitrogen functional groups attached to an aromatic ring is 1. The molecule has 22 heavy (non-hydrogen) atoms. The first-order valence-corrected chi connectivity index (χ1v) is 7.28. The highest BCUT2D eigenvalue weighted by atomic mass is 35.5. The first kappa shape index (κ1) is 16.2. The van der Waals surface area contributed by atoms with Gasteiger partial charge in [-0.25, -0.2) is 4.98 Å². The molecule has 0 atom stereocenters. The minimum Gasteiger partial charge on any atom is -0.423 e. The normalized spacial score (nSPS) is 11.8. The van der Waals surface area contributed by atoms with Gasteiger partial charge in [-0.3, -0.25) is 0 Å². The van der Waals surface area contributed by atoms with Crippen LogP contribution in [0.1, 0.15) is 0 Å². The number of hydrogen-bond donors (Lipinski definition) is 1. The fourth-order valence-corrected chi connectivity index (χ4v) is 2.91. The summed E-state index contributed by atoms with van der Waals surface area (Å²) in [7, 11) is -0.942. The van der Waals surface area contributed by atoms with Gasteiger partial charge in [-0.2, -0.15) is 16.7 Å². The number of benzene rings is 1. The van der Waals surface area contributed by atoms with Crippen LogP contribution in [0.25, 0.3) is 22.5 Å². The Bertz CT molecular complexity index is 903. The molecule has 0 fully saturated rings. The van der Waals surface area contributed by atoms with Crippen LogP contribution in [0.2, 0.25) is 0 Å². The molecule has 3 rings (SSSR count). The van der Waals surface area contributed by atoms with Crippen LogP contribution in [-0.2, 0) is 10.2 Å². The monoisotopic (exact) mass is 344 g/mol. The SMILES string of the molecule is CN(C)S(=O)(=O)n1c(N)nc2ccc(-c3nnco3)cc21.Cl. The molecule has 0 radical (unpaired) electrons. The number of anilines is 1. The van der Waals surface area contributed by atoms with E-state index >= 15 is 0 Å². The summed E-state index contributed by atoms with van der Waals surface area (Å²) in [6.07, 6.45) is 1.20. The summed E-state index contributed by atoms with van der Waals surface area (Å²) in [5.74, 6) is 0.173. The van der Waals surface area contributed by atoms with Crippen molar-refractivity contribution in [2.24, 2.45) is 0 Å². The molecule has 0 aliphatic heterocycles. The zero-order chi connectivity index (χ0) is 15.2. The van der Waals surface area contributed by atoms with Crippen molar-refractivity contribution in [1.82, 2.24) is 23.5 Å². The van der Waals surface area contributed by atoms with E-state index in [0.717, 1.165) is 8.28 Å². The van der Waals surface area contributed by atoms with Gasteiger partial charge in [-0.15, -0.1) is 22.6 Å².